The van der Waals surface area contributed by atoms with Crippen LogP contribution in [0.5, 0.6) is 0 Å². The van der Waals surface area contributed by atoms with Crippen molar-refractivity contribution in [3.05, 3.63) is 34.4 Å². The van der Waals surface area contributed by atoms with Crippen LogP contribution in [0.3, 0.4) is 0 Å². The summed E-state index contributed by atoms with van der Waals surface area (Å²) in [4.78, 5) is 36.6. The molecule has 2 aliphatic heterocycles. The zero-order valence-corrected chi connectivity index (χ0v) is 15.9. The molecule has 1 atom stereocenters. The molecule has 1 aromatic rings. The Balaban J connectivity index is 1.38. The molecule has 2 fully saturated rings. The number of hydrogen-bond donors (Lipinski definition) is 2. The molecule has 9 heteroatoms. The molecule has 1 unspecified atom stereocenters. The zero-order chi connectivity index (χ0) is 19.2. The standard InChI is InChI=1S/C18H24N4O4S/c23-17(18(24)20-14-1-3-15(4-2-14)22(25)26)19-11-13-5-8-21(9-6-13)16-7-10-27-12-16/h1-4,13,16H,5-12H2,(H,19,23)(H,20,24). The Hall–Kier alpha value is -2.13. The van der Waals surface area contributed by atoms with Gasteiger partial charge in [0.05, 0.1) is 4.92 Å². The van der Waals surface area contributed by atoms with Gasteiger partial charge in [0, 0.05) is 36.2 Å². The summed E-state index contributed by atoms with van der Waals surface area (Å²) in [6.07, 6.45) is 3.34. The van der Waals surface area contributed by atoms with E-state index in [9.17, 15) is 19.7 Å². The SMILES string of the molecule is O=C(NCC1CCN(C2CCSC2)CC1)C(=O)Nc1ccc([N+](=O)[O-])cc1. The number of carbonyl (C=O) groups excluding carboxylic acids is 2. The first kappa shape index (κ1) is 19.6. The van der Waals surface area contributed by atoms with E-state index in [4.69, 9.17) is 0 Å². The number of piperidine rings is 1. The molecule has 2 amide bonds. The maximum Gasteiger partial charge on any atom is 0.313 e. The van der Waals surface area contributed by atoms with Crippen molar-refractivity contribution in [2.24, 2.45) is 5.92 Å². The number of anilines is 1. The fourth-order valence-electron chi connectivity index (χ4n) is 3.50. The lowest BCUT2D eigenvalue weighted by Gasteiger charge is -2.35. The monoisotopic (exact) mass is 392 g/mol. The average molecular weight is 392 g/mol. The lowest BCUT2D eigenvalue weighted by Crippen LogP contribution is -2.45. The number of nitro groups is 1. The van der Waals surface area contributed by atoms with Gasteiger partial charge in [0.25, 0.3) is 5.69 Å². The van der Waals surface area contributed by atoms with Gasteiger partial charge < -0.3 is 10.6 Å². The minimum atomic E-state index is -0.760. The summed E-state index contributed by atoms with van der Waals surface area (Å²) >= 11 is 2.02. The van der Waals surface area contributed by atoms with E-state index in [2.05, 4.69) is 15.5 Å². The average Bonchev–Trinajstić information content (AvgIpc) is 3.21. The summed E-state index contributed by atoms with van der Waals surface area (Å²) in [6.45, 7) is 2.61. The second kappa shape index (κ2) is 9.18. The van der Waals surface area contributed by atoms with Gasteiger partial charge in [-0.25, -0.2) is 0 Å². The predicted octanol–water partition coefficient (Wildman–Crippen LogP) is 1.87. The van der Waals surface area contributed by atoms with Crippen LogP contribution >= 0.6 is 11.8 Å². The Labute approximate surface area is 162 Å². The van der Waals surface area contributed by atoms with E-state index < -0.39 is 16.7 Å². The summed E-state index contributed by atoms with van der Waals surface area (Å²) in [5.41, 5.74) is 0.281. The fourth-order valence-corrected chi connectivity index (χ4v) is 4.76. The Morgan fingerprint density at radius 1 is 1.15 bits per heavy atom. The first-order valence-electron chi connectivity index (χ1n) is 9.18. The number of nitrogens with zero attached hydrogens (tertiary/aromatic N) is 2. The normalized spacial score (nSPS) is 21.0. The van der Waals surface area contributed by atoms with Gasteiger partial charge in [-0.3, -0.25) is 24.6 Å². The van der Waals surface area contributed by atoms with Gasteiger partial charge >= 0.3 is 11.8 Å². The molecule has 0 radical (unpaired) electrons. The second-order valence-electron chi connectivity index (χ2n) is 6.96. The van der Waals surface area contributed by atoms with E-state index in [1.54, 1.807) is 0 Å². The highest BCUT2D eigenvalue weighted by molar-refractivity contribution is 7.99. The lowest BCUT2D eigenvalue weighted by molar-refractivity contribution is -0.384. The fraction of sp³-hybridized carbons (Fsp3) is 0.556. The van der Waals surface area contributed by atoms with E-state index in [0.717, 1.165) is 25.9 Å². The quantitative estimate of drug-likeness (QED) is 0.450. The van der Waals surface area contributed by atoms with Crippen LogP contribution in [0.1, 0.15) is 19.3 Å². The molecule has 2 saturated heterocycles. The van der Waals surface area contributed by atoms with Gasteiger partial charge in [-0.15, -0.1) is 0 Å². The van der Waals surface area contributed by atoms with Crippen molar-refractivity contribution in [2.75, 3.05) is 36.5 Å². The Morgan fingerprint density at radius 3 is 2.44 bits per heavy atom. The van der Waals surface area contributed by atoms with E-state index in [-0.39, 0.29) is 5.69 Å². The van der Waals surface area contributed by atoms with Crippen molar-refractivity contribution in [2.45, 2.75) is 25.3 Å². The Bertz CT molecular complexity index is 683. The van der Waals surface area contributed by atoms with Crippen LogP contribution in [0.2, 0.25) is 0 Å². The van der Waals surface area contributed by atoms with E-state index in [1.807, 2.05) is 11.8 Å². The summed E-state index contributed by atoms with van der Waals surface area (Å²) in [7, 11) is 0. The number of non-ortho nitro benzene ring substituents is 1. The summed E-state index contributed by atoms with van der Waals surface area (Å²) in [5, 5.41) is 15.8. The van der Waals surface area contributed by atoms with Crippen LogP contribution < -0.4 is 10.6 Å². The first-order valence-corrected chi connectivity index (χ1v) is 10.3. The van der Waals surface area contributed by atoms with Crippen molar-refractivity contribution in [1.82, 2.24) is 10.2 Å². The molecule has 2 N–H and O–H groups in total. The number of amides is 2. The van der Waals surface area contributed by atoms with Gasteiger partial charge in [-0.1, -0.05) is 0 Å². The van der Waals surface area contributed by atoms with Gasteiger partial charge in [0.15, 0.2) is 0 Å². The lowest BCUT2D eigenvalue weighted by atomic mass is 9.95. The molecule has 0 aromatic heterocycles. The summed E-state index contributed by atoms with van der Waals surface area (Å²) < 4.78 is 0. The zero-order valence-electron chi connectivity index (χ0n) is 15.1. The van der Waals surface area contributed by atoms with Crippen molar-refractivity contribution in [1.29, 1.82) is 0 Å². The van der Waals surface area contributed by atoms with Crippen LogP contribution in [-0.4, -0.2) is 58.8 Å². The molecule has 1 aromatic carbocycles. The molecule has 27 heavy (non-hydrogen) atoms. The number of likely N-dealkylation sites (tertiary alicyclic amines) is 1. The van der Waals surface area contributed by atoms with Crippen molar-refractivity contribution >= 4 is 35.0 Å². The van der Waals surface area contributed by atoms with Gasteiger partial charge in [0.1, 0.15) is 0 Å². The van der Waals surface area contributed by atoms with Crippen molar-refractivity contribution in [3.8, 4) is 0 Å². The molecular formula is C18H24N4O4S. The van der Waals surface area contributed by atoms with Crippen molar-refractivity contribution < 1.29 is 14.5 Å². The molecule has 0 bridgehead atoms. The highest BCUT2D eigenvalue weighted by Crippen LogP contribution is 2.26. The summed E-state index contributed by atoms with van der Waals surface area (Å²) in [6, 6.07) is 6.08. The summed E-state index contributed by atoms with van der Waals surface area (Å²) in [5.74, 6) is 1.44. The highest BCUT2D eigenvalue weighted by atomic mass is 32.2. The number of benzene rings is 1. The first-order chi connectivity index (χ1) is 13.0. The smallest absolute Gasteiger partial charge is 0.313 e. The third kappa shape index (κ3) is 5.43. The molecule has 2 aliphatic rings. The number of carbonyl (C=O) groups is 2. The molecular weight excluding hydrogens is 368 g/mol. The van der Waals surface area contributed by atoms with E-state index in [1.165, 1.54) is 42.2 Å². The number of nitro benzene ring substituents is 1. The molecule has 3 rings (SSSR count). The predicted molar refractivity (Wildman–Crippen MR) is 105 cm³/mol. The van der Waals surface area contributed by atoms with Crippen LogP contribution in [0.25, 0.3) is 0 Å². The number of rotatable bonds is 5. The maximum atomic E-state index is 12.0. The molecule has 8 nitrogen and oxygen atoms in total. The van der Waals surface area contributed by atoms with Gasteiger partial charge in [-0.05, 0) is 56.2 Å². The van der Waals surface area contributed by atoms with E-state index in [0.29, 0.717) is 24.2 Å². The largest absolute Gasteiger partial charge is 0.348 e. The van der Waals surface area contributed by atoms with Crippen molar-refractivity contribution in [3.63, 3.8) is 0 Å². The van der Waals surface area contributed by atoms with Gasteiger partial charge in [-0.2, -0.15) is 11.8 Å². The molecule has 0 saturated carbocycles. The number of hydrogen-bond acceptors (Lipinski definition) is 6. The molecule has 0 aliphatic carbocycles. The third-order valence-electron chi connectivity index (χ3n) is 5.16. The molecule has 146 valence electrons. The second-order valence-corrected chi connectivity index (χ2v) is 8.11. The van der Waals surface area contributed by atoms with Crippen LogP contribution in [0.15, 0.2) is 24.3 Å². The minimum absolute atomic E-state index is 0.0695. The van der Waals surface area contributed by atoms with Crippen LogP contribution in [0.4, 0.5) is 11.4 Å². The minimum Gasteiger partial charge on any atom is -0.348 e. The third-order valence-corrected chi connectivity index (χ3v) is 6.31. The highest BCUT2D eigenvalue weighted by Gasteiger charge is 2.27. The Kier molecular flexibility index (Phi) is 6.68. The molecule has 2 heterocycles. The maximum absolute atomic E-state index is 12.0. The van der Waals surface area contributed by atoms with Crippen LogP contribution in [0, 0.1) is 16.0 Å². The topological polar surface area (TPSA) is 105 Å². The number of nitrogens with one attached hydrogen (secondary N) is 2. The Morgan fingerprint density at radius 2 is 1.85 bits per heavy atom. The number of thioether (sulfide) groups is 1. The molecule has 0 spiro atoms. The van der Waals surface area contributed by atoms with E-state index >= 15 is 0 Å². The van der Waals surface area contributed by atoms with Gasteiger partial charge in [0.2, 0.25) is 0 Å². The van der Waals surface area contributed by atoms with Crippen LogP contribution in [-0.2, 0) is 9.59 Å².